The predicted octanol–water partition coefficient (Wildman–Crippen LogP) is 4.12. The molecular weight excluding hydrogens is 428 g/mol. The van der Waals surface area contributed by atoms with Crippen molar-refractivity contribution < 1.29 is 9.59 Å². The van der Waals surface area contributed by atoms with Crippen LogP contribution in [0.2, 0.25) is 0 Å². The van der Waals surface area contributed by atoms with Gasteiger partial charge in [-0.2, -0.15) is 0 Å². The van der Waals surface area contributed by atoms with E-state index in [1.807, 2.05) is 20.1 Å². The van der Waals surface area contributed by atoms with Crippen molar-refractivity contribution in [3.8, 4) is 0 Å². The highest BCUT2D eigenvalue weighted by Gasteiger charge is 2.40. The van der Waals surface area contributed by atoms with Crippen LogP contribution in [0.4, 0.5) is 5.82 Å². The lowest BCUT2D eigenvalue weighted by atomic mass is 10.0. The Morgan fingerprint density at radius 1 is 1.41 bits per heavy atom. The first-order valence-corrected chi connectivity index (χ1v) is 11.9. The molecule has 1 aliphatic rings. The Morgan fingerprint density at radius 2 is 2.04 bits per heavy atom. The zero-order valence-corrected chi connectivity index (χ0v) is 19.6. The molecule has 1 unspecified atom stereocenters. The van der Waals surface area contributed by atoms with Crippen LogP contribution in [0.5, 0.6) is 0 Å². The summed E-state index contributed by atoms with van der Waals surface area (Å²) in [5.74, 6) is -0.227. The average Bonchev–Trinajstić information content (AvgIpc) is 3.05. The molecule has 1 aromatic rings. The monoisotopic (exact) mass is 458 g/mol. The first kappa shape index (κ1) is 23.9. The highest BCUT2D eigenvalue weighted by molar-refractivity contribution is 9.08. The van der Waals surface area contributed by atoms with E-state index in [1.165, 1.54) is 11.8 Å². The van der Waals surface area contributed by atoms with Crippen molar-refractivity contribution in [1.82, 2.24) is 14.9 Å². The van der Waals surface area contributed by atoms with Gasteiger partial charge in [0.25, 0.3) is 0 Å². The van der Waals surface area contributed by atoms with E-state index in [0.29, 0.717) is 29.3 Å². The molecule has 27 heavy (non-hydrogen) atoms. The highest BCUT2D eigenvalue weighted by Crippen LogP contribution is 2.30. The number of hydrogen-bond acceptors (Lipinski definition) is 5. The van der Waals surface area contributed by atoms with E-state index in [1.54, 1.807) is 23.0 Å². The molecule has 1 aliphatic heterocycles. The van der Waals surface area contributed by atoms with Crippen LogP contribution in [-0.2, 0) is 14.9 Å². The molecule has 0 aliphatic carbocycles. The molecular formula is C19H31BrN4O2S. The summed E-state index contributed by atoms with van der Waals surface area (Å²) < 4.78 is 0. The third kappa shape index (κ3) is 5.44. The normalized spacial score (nSPS) is 16.4. The van der Waals surface area contributed by atoms with E-state index in [4.69, 9.17) is 0 Å². The number of alkyl halides is 1. The molecule has 2 amide bonds. The van der Waals surface area contributed by atoms with Crippen LogP contribution < -0.4 is 4.90 Å². The number of carbonyl (C=O) groups is 2. The molecule has 0 aromatic carbocycles. The lowest BCUT2D eigenvalue weighted by molar-refractivity contribution is -0.136. The van der Waals surface area contributed by atoms with Crippen LogP contribution in [0.1, 0.15) is 52.5 Å². The highest BCUT2D eigenvalue weighted by atomic mass is 79.9. The van der Waals surface area contributed by atoms with Crippen LogP contribution in [-0.4, -0.2) is 52.6 Å². The summed E-state index contributed by atoms with van der Waals surface area (Å²) in [4.78, 5) is 38.0. The maximum Gasteiger partial charge on any atom is 0.241 e. The number of likely N-dealkylation sites (tertiary alicyclic amines) is 1. The lowest BCUT2D eigenvalue weighted by Gasteiger charge is -2.32. The Hall–Kier alpha value is -1.15. The Kier molecular flexibility index (Phi) is 10.3. The molecule has 0 saturated carbocycles. The molecule has 0 N–H and O–H groups in total. The zero-order valence-electron chi connectivity index (χ0n) is 17.2. The second kappa shape index (κ2) is 11.6. The predicted molar refractivity (Wildman–Crippen MR) is 115 cm³/mol. The van der Waals surface area contributed by atoms with Crippen molar-refractivity contribution >= 4 is 45.3 Å². The minimum Gasteiger partial charge on any atom is -0.345 e. The fraction of sp³-hybridized carbons (Fsp3) is 0.684. The first-order chi connectivity index (χ1) is 13.0. The van der Waals surface area contributed by atoms with E-state index in [2.05, 4.69) is 39.7 Å². The number of hydrogen-bond donors (Lipinski definition) is 0. The molecule has 8 heteroatoms. The number of thioether (sulfide) groups is 1. The largest absolute Gasteiger partial charge is 0.345 e. The molecule has 0 radical (unpaired) electrons. The quantitative estimate of drug-likeness (QED) is 0.266. The molecule has 1 aromatic heterocycles. The van der Waals surface area contributed by atoms with Crippen molar-refractivity contribution in [1.29, 1.82) is 0 Å². The molecule has 0 spiro atoms. The van der Waals surface area contributed by atoms with Gasteiger partial charge in [-0.3, -0.25) is 14.5 Å². The van der Waals surface area contributed by atoms with E-state index >= 15 is 0 Å². The minimum atomic E-state index is -0.610. The van der Waals surface area contributed by atoms with Crippen molar-refractivity contribution in [3.05, 3.63) is 11.8 Å². The number of carbonyl (C=O) groups excluding carboxylic acids is 2. The number of aromatic nitrogens is 2. The zero-order chi connectivity index (χ0) is 20.6. The average molecular weight is 459 g/mol. The van der Waals surface area contributed by atoms with E-state index < -0.39 is 5.92 Å². The van der Waals surface area contributed by atoms with Gasteiger partial charge in [0.2, 0.25) is 11.8 Å². The molecule has 1 fully saturated rings. The number of amides is 2. The second-order valence-corrected chi connectivity index (χ2v) is 7.45. The summed E-state index contributed by atoms with van der Waals surface area (Å²) in [7, 11) is 1.75. The fourth-order valence-corrected chi connectivity index (χ4v) is 3.85. The van der Waals surface area contributed by atoms with Gasteiger partial charge in [0, 0.05) is 36.7 Å². The van der Waals surface area contributed by atoms with Gasteiger partial charge in [-0.1, -0.05) is 55.4 Å². The first-order valence-electron chi connectivity index (χ1n) is 9.52. The van der Waals surface area contributed by atoms with Crippen molar-refractivity contribution in [2.45, 2.75) is 63.5 Å². The summed E-state index contributed by atoms with van der Waals surface area (Å²) in [6, 6.07) is 0.00797. The molecule has 1 saturated heterocycles. The van der Waals surface area contributed by atoms with Gasteiger partial charge in [-0.05, 0) is 25.5 Å². The number of rotatable bonds is 7. The molecule has 6 nitrogen and oxygen atoms in total. The molecule has 152 valence electrons. The Morgan fingerprint density at radius 3 is 2.48 bits per heavy atom. The van der Waals surface area contributed by atoms with E-state index in [9.17, 15) is 9.59 Å². The summed E-state index contributed by atoms with van der Waals surface area (Å²) in [6.07, 6.45) is 5.84. The second-order valence-electron chi connectivity index (χ2n) is 6.12. The Labute approximate surface area is 175 Å². The van der Waals surface area contributed by atoms with Gasteiger partial charge in [-0.25, -0.2) is 9.97 Å². The summed E-state index contributed by atoms with van der Waals surface area (Å²) >= 11 is 4.91. The minimum absolute atomic E-state index is 0.00797. The van der Waals surface area contributed by atoms with Gasteiger partial charge in [0.05, 0.1) is 0 Å². The van der Waals surface area contributed by atoms with Crippen molar-refractivity contribution in [2.75, 3.05) is 24.7 Å². The van der Waals surface area contributed by atoms with Crippen molar-refractivity contribution in [3.63, 3.8) is 0 Å². The number of halogens is 1. The Balaban J connectivity index is 0.00000176. The number of nitrogens with zero attached hydrogens (tertiary/aromatic N) is 4. The SMILES string of the molecule is CC.CCC(CC)N(C(=O)C1CCN(C)C1=O)c1nc(SC)ncc1CBr. The van der Waals surface area contributed by atoms with Gasteiger partial charge in [0.1, 0.15) is 11.7 Å². The summed E-state index contributed by atoms with van der Waals surface area (Å²) in [6.45, 7) is 8.74. The third-order valence-electron chi connectivity index (χ3n) is 4.64. The van der Waals surface area contributed by atoms with Crippen molar-refractivity contribution in [2.24, 2.45) is 5.92 Å². The van der Waals surface area contributed by atoms with Crippen LogP contribution in [0.15, 0.2) is 11.4 Å². The standard InChI is InChI=1S/C17H25BrN4O2S.C2H6/c1-5-12(6-2)22(16(24)13-7-8-21(3)15(13)23)14-11(9-18)10-19-17(20-14)25-4;1-2/h10,12-13H,5-9H2,1-4H3;1-2H3. The maximum atomic E-state index is 13.3. The molecule has 2 rings (SSSR count). The third-order valence-corrected chi connectivity index (χ3v) is 5.81. The van der Waals surface area contributed by atoms with E-state index in [0.717, 1.165) is 18.4 Å². The van der Waals surface area contributed by atoms with Crippen LogP contribution in [0, 0.1) is 5.92 Å². The molecule has 2 heterocycles. The van der Waals surface area contributed by atoms with E-state index in [-0.39, 0.29) is 17.9 Å². The van der Waals surface area contributed by atoms with Gasteiger partial charge < -0.3 is 4.90 Å². The van der Waals surface area contributed by atoms with Crippen LogP contribution in [0.3, 0.4) is 0 Å². The molecule has 0 bridgehead atoms. The Bertz CT molecular complexity index is 640. The van der Waals surface area contributed by atoms with Crippen LogP contribution in [0.25, 0.3) is 0 Å². The maximum absolute atomic E-state index is 13.3. The van der Waals surface area contributed by atoms with Gasteiger partial charge in [-0.15, -0.1) is 0 Å². The van der Waals surface area contributed by atoms with Gasteiger partial charge in [0.15, 0.2) is 5.16 Å². The summed E-state index contributed by atoms with van der Waals surface area (Å²) in [5.41, 5.74) is 0.858. The van der Waals surface area contributed by atoms with Gasteiger partial charge >= 0.3 is 0 Å². The fourth-order valence-electron chi connectivity index (χ4n) is 3.11. The topological polar surface area (TPSA) is 66.4 Å². The summed E-state index contributed by atoms with van der Waals surface area (Å²) in [5, 5.41) is 1.18. The number of anilines is 1. The lowest BCUT2D eigenvalue weighted by Crippen LogP contribution is -2.46. The smallest absolute Gasteiger partial charge is 0.241 e. The molecule has 1 atom stereocenters. The van der Waals surface area contributed by atoms with Crippen LogP contribution >= 0.6 is 27.7 Å².